The molecule has 0 unspecified atom stereocenters. The summed E-state index contributed by atoms with van der Waals surface area (Å²) < 4.78 is 5.51. The van der Waals surface area contributed by atoms with E-state index >= 15 is 0 Å². The van der Waals surface area contributed by atoms with Gasteiger partial charge in [0.25, 0.3) is 5.91 Å². The van der Waals surface area contributed by atoms with Crippen molar-refractivity contribution in [3.05, 3.63) is 59.1 Å². The Morgan fingerprint density at radius 2 is 1.78 bits per heavy atom. The second-order valence-corrected chi connectivity index (χ2v) is 5.30. The Balaban J connectivity index is 1.77. The van der Waals surface area contributed by atoms with E-state index in [0.717, 1.165) is 0 Å². The number of para-hydroxylation sites is 1. The van der Waals surface area contributed by atoms with Gasteiger partial charge in [-0.15, -0.1) is 0 Å². The van der Waals surface area contributed by atoms with E-state index in [2.05, 4.69) is 5.32 Å². The van der Waals surface area contributed by atoms with Crippen molar-refractivity contribution in [3.8, 4) is 5.75 Å². The number of hydrogen-bond acceptors (Lipinski definition) is 3. The normalized spacial score (nSPS) is 10.1. The quantitative estimate of drug-likeness (QED) is 0.764. The molecule has 3 N–H and O–H groups in total. The van der Waals surface area contributed by atoms with Gasteiger partial charge >= 0.3 is 0 Å². The van der Waals surface area contributed by atoms with Crippen molar-refractivity contribution in [2.45, 2.75) is 12.8 Å². The number of hydrogen-bond donors (Lipinski definition) is 2. The summed E-state index contributed by atoms with van der Waals surface area (Å²) in [4.78, 5) is 23.2. The van der Waals surface area contributed by atoms with Gasteiger partial charge in [0.05, 0.1) is 17.9 Å². The molecule has 0 saturated heterocycles. The maximum Gasteiger partial charge on any atom is 0.250 e. The van der Waals surface area contributed by atoms with Crippen LogP contribution in [0.2, 0.25) is 5.02 Å². The minimum Gasteiger partial charge on any atom is -0.494 e. The van der Waals surface area contributed by atoms with Gasteiger partial charge in [0.2, 0.25) is 5.91 Å². The molecular formula is C17H17ClN2O3. The van der Waals surface area contributed by atoms with Gasteiger partial charge in [-0.3, -0.25) is 9.59 Å². The first kappa shape index (κ1) is 16.8. The number of rotatable bonds is 7. The second-order valence-electron chi connectivity index (χ2n) is 4.86. The zero-order valence-electron chi connectivity index (χ0n) is 12.4. The Labute approximate surface area is 139 Å². The smallest absolute Gasteiger partial charge is 0.250 e. The Morgan fingerprint density at radius 1 is 1.09 bits per heavy atom. The summed E-state index contributed by atoms with van der Waals surface area (Å²) in [5.41, 5.74) is 5.98. The van der Waals surface area contributed by atoms with Crippen LogP contribution in [0.5, 0.6) is 5.75 Å². The molecule has 0 aliphatic carbocycles. The van der Waals surface area contributed by atoms with Crippen molar-refractivity contribution < 1.29 is 14.3 Å². The summed E-state index contributed by atoms with van der Waals surface area (Å²) in [6.45, 7) is 0.409. The number of nitrogens with one attached hydrogen (secondary N) is 1. The zero-order valence-corrected chi connectivity index (χ0v) is 13.2. The van der Waals surface area contributed by atoms with Crippen LogP contribution in [-0.4, -0.2) is 18.4 Å². The van der Waals surface area contributed by atoms with Gasteiger partial charge in [-0.2, -0.15) is 0 Å². The molecule has 2 rings (SSSR count). The monoisotopic (exact) mass is 332 g/mol. The molecule has 2 aromatic rings. The highest BCUT2D eigenvalue weighted by Gasteiger charge is 2.10. The van der Waals surface area contributed by atoms with Gasteiger partial charge in [0.1, 0.15) is 5.75 Å². The van der Waals surface area contributed by atoms with Crippen LogP contribution in [0.15, 0.2) is 48.5 Å². The first-order chi connectivity index (χ1) is 11.1. The third-order valence-corrected chi connectivity index (χ3v) is 3.35. The number of carbonyl (C=O) groups is 2. The van der Waals surface area contributed by atoms with Crippen LogP contribution in [0.1, 0.15) is 23.2 Å². The molecule has 120 valence electrons. The van der Waals surface area contributed by atoms with Crippen LogP contribution in [-0.2, 0) is 4.79 Å². The van der Waals surface area contributed by atoms with E-state index < -0.39 is 5.91 Å². The molecule has 0 fully saturated rings. The molecule has 0 radical (unpaired) electrons. The summed E-state index contributed by atoms with van der Waals surface area (Å²) in [7, 11) is 0. The molecule has 5 nitrogen and oxygen atoms in total. The molecular weight excluding hydrogens is 316 g/mol. The molecule has 0 aromatic heterocycles. The van der Waals surface area contributed by atoms with E-state index in [4.69, 9.17) is 22.1 Å². The van der Waals surface area contributed by atoms with Gasteiger partial charge in [0, 0.05) is 11.4 Å². The largest absolute Gasteiger partial charge is 0.494 e. The molecule has 0 aliphatic rings. The Kier molecular flexibility index (Phi) is 6.00. The van der Waals surface area contributed by atoms with Crippen LogP contribution in [0, 0.1) is 0 Å². The highest BCUT2D eigenvalue weighted by molar-refractivity contribution is 6.30. The Bertz CT molecular complexity index is 686. The minimum atomic E-state index is -0.577. The van der Waals surface area contributed by atoms with Crippen LogP contribution in [0.25, 0.3) is 0 Å². The highest BCUT2D eigenvalue weighted by atomic mass is 35.5. The zero-order chi connectivity index (χ0) is 16.7. The Hall–Kier alpha value is -2.53. The SMILES string of the molecule is NC(=O)c1ccccc1NC(=O)CCCOc1ccc(Cl)cc1. The van der Waals surface area contributed by atoms with E-state index in [0.29, 0.717) is 35.1 Å². The fourth-order valence-electron chi connectivity index (χ4n) is 1.97. The maximum absolute atomic E-state index is 11.9. The van der Waals surface area contributed by atoms with Crippen LogP contribution in [0.4, 0.5) is 5.69 Å². The number of benzene rings is 2. The third kappa shape index (κ3) is 5.30. The number of carbonyl (C=O) groups excluding carboxylic acids is 2. The number of amides is 2. The Morgan fingerprint density at radius 3 is 2.48 bits per heavy atom. The van der Waals surface area contributed by atoms with Gasteiger partial charge < -0.3 is 15.8 Å². The van der Waals surface area contributed by atoms with Gasteiger partial charge in [-0.25, -0.2) is 0 Å². The van der Waals surface area contributed by atoms with E-state index in [1.807, 2.05) is 0 Å². The first-order valence-electron chi connectivity index (χ1n) is 7.13. The summed E-state index contributed by atoms with van der Waals surface area (Å²) in [6.07, 6.45) is 0.827. The molecule has 0 heterocycles. The fourth-order valence-corrected chi connectivity index (χ4v) is 2.10. The van der Waals surface area contributed by atoms with E-state index in [1.165, 1.54) is 0 Å². The van der Waals surface area contributed by atoms with Crippen molar-refractivity contribution in [1.82, 2.24) is 0 Å². The predicted octanol–water partition coefficient (Wildman–Crippen LogP) is 3.24. The number of halogens is 1. The lowest BCUT2D eigenvalue weighted by Crippen LogP contribution is -2.18. The average Bonchev–Trinajstić information content (AvgIpc) is 2.53. The highest BCUT2D eigenvalue weighted by Crippen LogP contribution is 2.16. The third-order valence-electron chi connectivity index (χ3n) is 3.10. The molecule has 0 bridgehead atoms. The molecule has 23 heavy (non-hydrogen) atoms. The van der Waals surface area contributed by atoms with Crippen LogP contribution >= 0.6 is 11.6 Å². The molecule has 2 aromatic carbocycles. The lowest BCUT2D eigenvalue weighted by atomic mass is 10.1. The van der Waals surface area contributed by atoms with Crippen molar-refractivity contribution >= 4 is 29.1 Å². The second kappa shape index (κ2) is 8.19. The minimum absolute atomic E-state index is 0.196. The van der Waals surface area contributed by atoms with E-state index in [1.54, 1.807) is 48.5 Å². The number of primary amides is 1. The van der Waals surface area contributed by atoms with Crippen molar-refractivity contribution in [1.29, 1.82) is 0 Å². The summed E-state index contributed by atoms with van der Waals surface area (Å²) >= 11 is 5.79. The predicted molar refractivity (Wildman–Crippen MR) is 89.8 cm³/mol. The standard InChI is InChI=1S/C17H17ClN2O3/c18-12-7-9-13(10-8-12)23-11-3-6-16(21)20-15-5-2-1-4-14(15)17(19)22/h1-2,4-5,7-10H,3,6,11H2,(H2,19,22)(H,20,21). The molecule has 0 saturated carbocycles. The van der Waals surface area contributed by atoms with Crippen LogP contribution in [0.3, 0.4) is 0 Å². The van der Waals surface area contributed by atoms with Crippen molar-refractivity contribution in [2.75, 3.05) is 11.9 Å². The molecule has 0 spiro atoms. The van der Waals surface area contributed by atoms with Gasteiger partial charge in [-0.05, 0) is 42.8 Å². The number of nitrogens with two attached hydrogens (primary N) is 1. The van der Waals surface area contributed by atoms with Crippen molar-refractivity contribution in [3.63, 3.8) is 0 Å². The molecule has 0 atom stereocenters. The average molecular weight is 333 g/mol. The number of ether oxygens (including phenoxy) is 1. The molecule has 2 amide bonds. The van der Waals surface area contributed by atoms with E-state index in [9.17, 15) is 9.59 Å². The van der Waals surface area contributed by atoms with Gasteiger partial charge in [-0.1, -0.05) is 23.7 Å². The lowest BCUT2D eigenvalue weighted by Gasteiger charge is -2.09. The molecule has 0 aliphatic heterocycles. The van der Waals surface area contributed by atoms with Crippen molar-refractivity contribution in [2.24, 2.45) is 5.73 Å². The van der Waals surface area contributed by atoms with E-state index in [-0.39, 0.29) is 12.3 Å². The summed E-state index contributed by atoms with van der Waals surface area (Å²) in [6, 6.07) is 13.6. The summed E-state index contributed by atoms with van der Waals surface area (Å²) in [5.74, 6) is -0.0701. The van der Waals surface area contributed by atoms with Crippen LogP contribution < -0.4 is 15.8 Å². The fraction of sp³-hybridized carbons (Fsp3) is 0.176. The maximum atomic E-state index is 11.9. The lowest BCUT2D eigenvalue weighted by molar-refractivity contribution is -0.116. The number of anilines is 1. The first-order valence-corrected chi connectivity index (χ1v) is 7.51. The van der Waals surface area contributed by atoms with Gasteiger partial charge in [0.15, 0.2) is 0 Å². The summed E-state index contributed by atoms with van der Waals surface area (Å²) in [5, 5.41) is 3.33. The molecule has 6 heteroatoms. The topological polar surface area (TPSA) is 81.4 Å².